The maximum Gasteiger partial charge on any atom is 0.317 e. The Kier molecular flexibility index (Phi) is 5.48. The highest BCUT2D eigenvalue weighted by Gasteiger charge is 2.21. The number of piperazine rings is 1. The largest absolute Gasteiger partial charge is 0.352 e. The average molecular weight is 346 g/mol. The van der Waals surface area contributed by atoms with Crippen LogP contribution >= 0.6 is 11.6 Å². The smallest absolute Gasteiger partial charge is 0.317 e. The zero-order valence-corrected chi connectivity index (χ0v) is 14.1. The second-order valence-corrected chi connectivity index (χ2v) is 6.09. The van der Waals surface area contributed by atoms with E-state index < -0.39 is 0 Å². The van der Waals surface area contributed by atoms with E-state index in [4.69, 9.17) is 11.6 Å². The van der Waals surface area contributed by atoms with Crippen LogP contribution in [0.1, 0.15) is 5.56 Å². The van der Waals surface area contributed by atoms with Crippen LogP contribution in [0.25, 0.3) is 0 Å². The van der Waals surface area contributed by atoms with E-state index in [-0.39, 0.29) is 6.03 Å². The first-order valence-electron chi connectivity index (χ1n) is 8.00. The quantitative estimate of drug-likeness (QED) is 0.922. The number of amides is 2. The summed E-state index contributed by atoms with van der Waals surface area (Å²) in [5.41, 5.74) is 1.12. The molecular weight excluding hydrogens is 326 g/mol. The van der Waals surface area contributed by atoms with E-state index in [1.165, 1.54) is 0 Å². The molecular formula is C17H20ClN5O. The van der Waals surface area contributed by atoms with Crippen LogP contribution in [-0.4, -0.2) is 53.6 Å². The van der Waals surface area contributed by atoms with E-state index in [0.29, 0.717) is 19.6 Å². The van der Waals surface area contributed by atoms with Gasteiger partial charge in [-0.05, 0) is 24.1 Å². The lowest BCUT2D eigenvalue weighted by molar-refractivity contribution is 0.194. The minimum absolute atomic E-state index is 0.0178. The summed E-state index contributed by atoms with van der Waals surface area (Å²) in [4.78, 5) is 24.6. The Balaban J connectivity index is 1.42. The van der Waals surface area contributed by atoms with Crippen molar-refractivity contribution in [2.45, 2.75) is 6.42 Å². The Morgan fingerprint density at radius 3 is 2.75 bits per heavy atom. The van der Waals surface area contributed by atoms with E-state index in [9.17, 15) is 4.79 Å². The highest BCUT2D eigenvalue weighted by Crippen LogP contribution is 2.12. The van der Waals surface area contributed by atoms with Gasteiger partial charge in [-0.2, -0.15) is 0 Å². The van der Waals surface area contributed by atoms with Crippen molar-refractivity contribution in [2.75, 3.05) is 37.6 Å². The zero-order valence-electron chi connectivity index (χ0n) is 13.4. The van der Waals surface area contributed by atoms with Gasteiger partial charge in [0.05, 0.1) is 6.20 Å². The summed E-state index contributed by atoms with van der Waals surface area (Å²) in [7, 11) is 0. The molecule has 7 heteroatoms. The highest BCUT2D eigenvalue weighted by atomic mass is 35.5. The molecule has 126 valence electrons. The van der Waals surface area contributed by atoms with Gasteiger partial charge in [-0.15, -0.1) is 0 Å². The maximum absolute atomic E-state index is 12.2. The second-order valence-electron chi connectivity index (χ2n) is 5.65. The minimum atomic E-state index is -0.0178. The van der Waals surface area contributed by atoms with Crippen LogP contribution in [0.2, 0.25) is 5.02 Å². The zero-order chi connectivity index (χ0) is 16.8. The van der Waals surface area contributed by atoms with Crippen LogP contribution in [0, 0.1) is 0 Å². The monoisotopic (exact) mass is 345 g/mol. The molecule has 1 N–H and O–H groups in total. The molecule has 3 rings (SSSR count). The number of hydrogen-bond donors (Lipinski definition) is 1. The summed E-state index contributed by atoms with van der Waals surface area (Å²) in [5.74, 6) is 0.860. The Morgan fingerprint density at radius 1 is 1.21 bits per heavy atom. The fraction of sp³-hybridized carbons (Fsp3) is 0.353. The van der Waals surface area contributed by atoms with Crippen molar-refractivity contribution in [3.8, 4) is 0 Å². The molecule has 2 heterocycles. The Bertz CT molecular complexity index is 674. The van der Waals surface area contributed by atoms with E-state index in [0.717, 1.165) is 35.9 Å². The predicted molar refractivity (Wildman–Crippen MR) is 94.4 cm³/mol. The van der Waals surface area contributed by atoms with Gasteiger partial charge in [0, 0.05) is 50.1 Å². The average Bonchev–Trinajstić information content (AvgIpc) is 2.63. The first-order valence-corrected chi connectivity index (χ1v) is 8.38. The van der Waals surface area contributed by atoms with Crippen molar-refractivity contribution in [1.82, 2.24) is 20.2 Å². The van der Waals surface area contributed by atoms with Crippen molar-refractivity contribution < 1.29 is 4.79 Å². The molecule has 1 fully saturated rings. The lowest BCUT2D eigenvalue weighted by atomic mass is 10.1. The molecule has 1 aliphatic rings. The molecule has 0 radical (unpaired) electrons. The predicted octanol–water partition coefficient (Wildman–Crippen LogP) is 2.20. The normalized spacial score (nSPS) is 14.5. The third kappa shape index (κ3) is 4.35. The van der Waals surface area contributed by atoms with Crippen LogP contribution in [0.3, 0.4) is 0 Å². The molecule has 0 bridgehead atoms. The highest BCUT2D eigenvalue weighted by molar-refractivity contribution is 6.30. The van der Waals surface area contributed by atoms with Gasteiger partial charge in [0.15, 0.2) is 0 Å². The van der Waals surface area contributed by atoms with Crippen LogP contribution < -0.4 is 10.2 Å². The Labute approximate surface area is 146 Å². The lowest BCUT2D eigenvalue weighted by Gasteiger charge is -2.35. The van der Waals surface area contributed by atoms with E-state index in [1.54, 1.807) is 18.6 Å². The van der Waals surface area contributed by atoms with E-state index in [1.807, 2.05) is 29.2 Å². The molecule has 2 aromatic rings. The number of urea groups is 1. The van der Waals surface area contributed by atoms with Gasteiger partial charge in [-0.25, -0.2) is 9.78 Å². The van der Waals surface area contributed by atoms with Crippen molar-refractivity contribution in [3.63, 3.8) is 0 Å². The number of anilines is 1. The summed E-state index contributed by atoms with van der Waals surface area (Å²) >= 11 is 5.96. The summed E-state index contributed by atoms with van der Waals surface area (Å²) in [6.45, 7) is 3.49. The van der Waals surface area contributed by atoms with Gasteiger partial charge in [0.2, 0.25) is 0 Å². The van der Waals surface area contributed by atoms with Crippen LogP contribution in [0.5, 0.6) is 0 Å². The molecule has 1 aliphatic heterocycles. The van der Waals surface area contributed by atoms with Crippen molar-refractivity contribution in [2.24, 2.45) is 0 Å². The number of aromatic nitrogens is 2. The van der Waals surface area contributed by atoms with Gasteiger partial charge >= 0.3 is 6.03 Å². The SMILES string of the molecule is O=C(NCCc1cccc(Cl)c1)N1CCN(c2cnccn2)CC1. The van der Waals surface area contributed by atoms with E-state index in [2.05, 4.69) is 20.2 Å². The lowest BCUT2D eigenvalue weighted by Crippen LogP contribution is -2.52. The van der Waals surface area contributed by atoms with Crippen LogP contribution in [-0.2, 0) is 6.42 Å². The molecule has 0 spiro atoms. The van der Waals surface area contributed by atoms with Gasteiger partial charge < -0.3 is 15.1 Å². The summed E-state index contributed by atoms with van der Waals surface area (Å²) < 4.78 is 0. The number of carbonyl (C=O) groups excluding carboxylic acids is 1. The molecule has 24 heavy (non-hydrogen) atoms. The van der Waals surface area contributed by atoms with E-state index >= 15 is 0 Å². The number of halogens is 1. The number of nitrogens with one attached hydrogen (secondary N) is 1. The van der Waals surface area contributed by atoms with Gasteiger partial charge in [0.1, 0.15) is 5.82 Å². The van der Waals surface area contributed by atoms with Crippen molar-refractivity contribution in [3.05, 3.63) is 53.4 Å². The minimum Gasteiger partial charge on any atom is -0.352 e. The molecule has 1 aromatic carbocycles. The molecule has 0 unspecified atom stereocenters. The summed E-state index contributed by atoms with van der Waals surface area (Å²) in [5, 5.41) is 3.69. The third-order valence-corrected chi connectivity index (χ3v) is 4.25. The molecule has 2 amide bonds. The molecule has 1 saturated heterocycles. The van der Waals surface area contributed by atoms with Gasteiger partial charge in [-0.3, -0.25) is 4.98 Å². The number of benzene rings is 1. The first kappa shape index (κ1) is 16.5. The second kappa shape index (κ2) is 7.97. The standard InChI is InChI=1S/C17H20ClN5O/c18-15-3-1-2-14(12-15)4-5-21-17(24)23-10-8-22(9-11-23)16-13-19-6-7-20-16/h1-3,6-7,12-13H,4-5,8-11H2,(H,21,24). The topological polar surface area (TPSA) is 61.4 Å². The molecule has 0 saturated carbocycles. The van der Waals surface area contributed by atoms with Crippen LogP contribution in [0.4, 0.5) is 10.6 Å². The Morgan fingerprint density at radius 2 is 2.04 bits per heavy atom. The number of nitrogens with zero attached hydrogens (tertiary/aromatic N) is 4. The molecule has 0 aliphatic carbocycles. The maximum atomic E-state index is 12.2. The Hall–Kier alpha value is -2.34. The third-order valence-electron chi connectivity index (χ3n) is 4.02. The fourth-order valence-corrected chi connectivity index (χ4v) is 2.92. The number of rotatable bonds is 4. The van der Waals surface area contributed by atoms with Crippen LogP contribution in [0.15, 0.2) is 42.9 Å². The molecule has 0 atom stereocenters. The van der Waals surface area contributed by atoms with Crippen molar-refractivity contribution >= 4 is 23.4 Å². The van der Waals surface area contributed by atoms with Gasteiger partial charge in [-0.1, -0.05) is 23.7 Å². The van der Waals surface area contributed by atoms with Gasteiger partial charge in [0.25, 0.3) is 0 Å². The summed E-state index contributed by atoms with van der Waals surface area (Å²) in [6, 6.07) is 7.69. The molecule has 1 aromatic heterocycles. The molecule has 6 nitrogen and oxygen atoms in total. The fourth-order valence-electron chi connectivity index (χ4n) is 2.71. The number of carbonyl (C=O) groups is 1. The first-order chi connectivity index (χ1) is 11.7. The number of hydrogen-bond acceptors (Lipinski definition) is 4. The van der Waals surface area contributed by atoms with Crippen molar-refractivity contribution in [1.29, 1.82) is 0 Å². The summed E-state index contributed by atoms with van der Waals surface area (Å²) in [6.07, 6.45) is 5.87.